The Balaban J connectivity index is 2.26. The molecule has 0 aliphatic carbocycles. The third kappa shape index (κ3) is 46.2. The highest BCUT2D eigenvalue weighted by molar-refractivity contribution is 8.77. The van der Waals surface area contributed by atoms with Gasteiger partial charge in [0, 0.05) is 30.6 Å². The summed E-state index contributed by atoms with van der Waals surface area (Å²) in [4.78, 5) is 12.0. The monoisotopic (exact) mass is 1020 g/mol. The van der Waals surface area contributed by atoms with E-state index in [0.29, 0.717) is 84.3 Å². The first kappa shape index (κ1) is 66.9. The molecule has 69 heavy (non-hydrogen) atoms. The predicted octanol–water partition coefficient (Wildman–Crippen LogP) is 16.6. The van der Waals surface area contributed by atoms with Crippen molar-refractivity contribution < 1.29 is 38.0 Å². The van der Waals surface area contributed by atoms with E-state index in [9.17, 15) is 4.79 Å². The van der Waals surface area contributed by atoms with E-state index in [0.717, 1.165) is 79.7 Å². The lowest BCUT2D eigenvalue weighted by atomic mass is 9.91. The molecule has 8 nitrogen and oxygen atoms in total. The highest BCUT2D eigenvalue weighted by Gasteiger charge is 2.17. The van der Waals surface area contributed by atoms with Gasteiger partial charge >= 0.3 is 5.97 Å². The zero-order chi connectivity index (χ0) is 50.6. The van der Waals surface area contributed by atoms with Gasteiger partial charge in [0.25, 0.3) is 0 Å². The SMILES string of the molecule is CC(C)CCC[C@@H](C)CCC[C@@H](C)CCC[C@H](C)CCOC[C@H](COCCOCCOCCOCCOC(=O)CCCC[C@H]1CCSS1)OCC[C@@H](C)CCC[C@H](C)CCC[C@H](C)CCCC(C)C. The summed E-state index contributed by atoms with van der Waals surface area (Å²) in [5.74, 6) is 7.54. The van der Waals surface area contributed by atoms with Crippen molar-refractivity contribution in [3.63, 3.8) is 0 Å². The summed E-state index contributed by atoms with van der Waals surface area (Å²) in [6.07, 6.45) is 31.6. The second-order valence-corrected chi connectivity index (χ2v) is 25.6. The zero-order valence-electron chi connectivity index (χ0n) is 47.2. The van der Waals surface area contributed by atoms with Crippen molar-refractivity contribution in [2.75, 3.05) is 85.0 Å². The molecule has 0 aromatic heterocycles. The smallest absolute Gasteiger partial charge is 0.305 e. The molecule has 412 valence electrons. The number of esters is 1. The van der Waals surface area contributed by atoms with Crippen LogP contribution in [0.3, 0.4) is 0 Å². The Hall–Kier alpha value is -0.0700. The fourth-order valence-corrected chi connectivity index (χ4v) is 12.3. The van der Waals surface area contributed by atoms with Crippen molar-refractivity contribution in [3.05, 3.63) is 0 Å². The van der Waals surface area contributed by atoms with Gasteiger partial charge in [0.2, 0.25) is 0 Å². The first-order chi connectivity index (χ1) is 33.3. The highest BCUT2D eigenvalue weighted by Crippen LogP contribution is 2.40. The molecule has 0 aromatic carbocycles. The Labute approximate surface area is 437 Å². The molecular formula is C59H116O8S2. The predicted molar refractivity (Wildman–Crippen MR) is 299 cm³/mol. The van der Waals surface area contributed by atoms with Gasteiger partial charge < -0.3 is 33.2 Å². The quantitative estimate of drug-likeness (QED) is 0.0334. The number of ether oxygens (including phenoxy) is 7. The fourth-order valence-electron chi connectivity index (χ4n) is 9.32. The summed E-state index contributed by atoms with van der Waals surface area (Å²) in [5, 5.41) is 0.767. The van der Waals surface area contributed by atoms with Gasteiger partial charge in [0.1, 0.15) is 12.7 Å². The summed E-state index contributed by atoms with van der Waals surface area (Å²) in [6, 6.07) is 0. The highest BCUT2D eigenvalue weighted by atomic mass is 33.1. The summed E-state index contributed by atoms with van der Waals surface area (Å²) in [5.41, 5.74) is 0. The van der Waals surface area contributed by atoms with Crippen molar-refractivity contribution in [1.29, 1.82) is 0 Å². The average molecular weight is 1020 g/mol. The molecule has 10 heteroatoms. The summed E-state index contributed by atoms with van der Waals surface area (Å²) in [6.45, 7) is 30.2. The number of carbonyl (C=O) groups is 1. The van der Waals surface area contributed by atoms with Crippen LogP contribution in [0.4, 0.5) is 0 Å². The molecule has 0 saturated carbocycles. The van der Waals surface area contributed by atoms with Crippen LogP contribution in [0.1, 0.15) is 230 Å². The lowest BCUT2D eigenvalue weighted by molar-refractivity contribution is -0.145. The van der Waals surface area contributed by atoms with Crippen molar-refractivity contribution in [2.24, 2.45) is 47.3 Å². The van der Waals surface area contributed by atoms with Crippen molar-refractivity contribution in [2.45, 2.75) is 241 Å². The number of hydrogen-bond donors (Lipinski definition) is 0. The largest absolute Gasteiger partial charge is 0.463 e. The van der Waals surface area contributed by atoms with Crippen LogP contribution in [0, 0.1) is 47.3 Å². The van der Waals surface area contributed by atoms with Gasteiger partial charge in [-0.05, 0) is 79.4 Å². The number of rotatable bonds is 52. The molecule has 1 aliphatic rings. The maximum absolute atomic E-state index is 12.0. The Morgan fingerprint density at radius 1 is 0.420 bits per heavy atom. The van der Waals surface area contributed by atoms with Gasteiger partial charge in [-0.25, -0.2) is 0 Å². The molecule has 0 N–H and O–H groups in total. The third-order valence-electron chi connectivity index (χ3n) is 14.3. The molecular weight excluding hydrogens is 901 g/mol. The van der Waals surface area contributed by atoms with Gasteiger partial charge in [-0.15, -0.1) is 0 Å². The molecule has 0 radical (unpaired) electrons. The van der Waals surface area contributed by atoms with Gasteiger partial charge in [0.15, 0.2) is 0 Å². The minimum atomic E-state index is -0.125. The molecule has 1 saturated heterocycles. The Kier molecular flexibility index (Phi) is 46.2. The minimum absolute atomic E-state index is 0.0734. The van der Waals surface area contributed by atoms with E-state index in [1.165, 1.54) is 134 Å². The molecule has 8 atom stereocenters. The molecule has 1 rings (SSSR count). The Morgan fingerprint density at radius 2 is 0.797 bits per heavy atom. The summed E-state index contributed by atoms with van der Waals surface area (Å²) < 4.78 is 41.0. The maximum Gasteiger partial charge on any atom is 0.305 e. The van der Waals surface area contributed by atoms with Gasteiger partial charge in [-0.1, -0.05) is 213 Å². The van der Waals surface area contributed by atoms with Crippen LogP contribution in [0.5, 0.6) is 0 Å². The molecule has 0 spiro atoms. The second kappa shape index (κ2) is 47.6. The molecule has 0 aromatic rings. The van der Waals surface area contributed by atoms with Crippen LogP contribution in [0.15, 0.2) is 0 Å². The molecule has 0 unspecified atom stereocenters. The average Bonchev–Trinajstić information content (AvgIpc) is 3.82. The maximum atomic E-state index is 12.0. The van der Waals surface area contributed by atoms with Crippen LogP contribution in [0.2, 0.25) is 0 Å². The summed E-state index contributed by atoms with van der Waals surface area (Å²) in [7, 11) is 3.97. The van der Waals surface area contributed by atoms with Crippen molar-refractivity contribution in [3.8, 4) is 0 Å². The van der Waals surface area contributed by atoms with Crippen LogP contribution in [-0.2, 0) is 38.0 Å². The van der Waals surface area contributed by atoms with E-state index >= 15 is 0 Å². The molecule has 0 bridgehead atoms. The first-order valence-corrected chi connectivity index (χ1v) is 31.7. The van der Waals surface area contributed by atoms with E-state index in [4.69, 9.17) is 33.2 Å². The van der Waals surface area contributed by atoms with Gasteiger partial charge in [-0.2, -0.15) is 0 Å². The molecule has 1 aliphatic heterocycles. The van der Waals surface area contributed by atoms with Crippen LogP contribution in [0.25, 0.3) is 0 Å². The Bertz CT molecular complexity index is 1090. The molecule has 1 fully saturated rings. The van der Waals surface area contributed by atoms with E-state index in [-0.39, 0.29) is 12.1 Å². The van der Waals surface area contributed by atoms with Gasteiger partial charge in [0.05, 0.1) is 59.5 Å². The van der Waals surface area contributed by atoms with Gasteiger partial charge in [-0.3, -0.25) is 4.79 Å². The minimum Gasteiger partial charge on any atom is -0.463 e. The summed E-state index contributed by atoms with van der Waals surface area (Å²) >= 11 is 0. The van der Waals surface area contributed by atoms with E-state index in [1.54, 1.807) is 0 Å². The zero-order valence-corrected chi connectivity index (χ0v) is 48.9. The van der Waals surface area contributed by atoms with Crippen LogP contribution >= 0.6 is 21.6 Å². The van der Waals surface area contributed by atoms with Crippen molar-refractivity contribution in [1.82, 2.24) is 0 Å². The van der Waals surface area contributed by atoms with E-state index in [2.05, 4.69) is 69.2 Å². The van der Waals surface area contributed by atoms with Crippen molar-refractivity contribution >= 4 is 27.6 Å². The van der Waals surface area contributed by atoms with Crippen LogP contribution in [-0.4, -0.2) is 102 Å². The molecule has 0 amide bonds. The number of hydrogen-bond acceptors (Lipinski definition) is 10. The number of unbranched alkanes of at least 4 members (excludes halogenated alkanes) is 1. The number of carbonyl (C=O) groups excluding carboxylic acids is 1. The van der Waals surface area contributed by atoms with E-state index < -0.39 is 0 Å². The first-order valence-electron chi connectivity index (χ1n) is 29.3. The Morgan fingerprint density at radius 3 is 1.22 bits per heavy atom. The standard InChI is InChI=1S/C59H116O8S2/c1-49(2)19-13-21-51(5)23-15-25-53(7)27-17-29-55(9)33-36-64-47-57(66-37-34-56(10)30-18-28-54(8)26-16-24-52(6)22-14-20-50(3)4)48-65-43-42-62-39-38-61-40-41-63-44-45-67-59(60)32-12-11-31-58-35-46-68-69-58/h49-58H,11-48H2,1-10H3/t51-,52-,53-,54-,55+,56+,57-,58+/m1/s1. The lowest BCUT2D eigenvalue weighted by Gasteiger charge is -2.21. The molecule has 1 heterocycles. The van der Waals surface area contributed by atoms with E-state index in [1.807, 2.05) is 21.6 Å². The lowest BCUT2D eigenvalue weighted by Crippen LogP contribution is -2.28. The normalized spacial score (nSPS) is 17.4. The third-order valence-corrected chi connectivity index (χ3v) is 17.4. The topological polar surface area (TPSA) is 81.7 Å². The van der Waals surface area contributed by atoms with Crippen LogP contribution < -0.4 is 0 Å². The fraction of sp³-hybridized carbons (Fsp3) is 0.983. The second-order valence-electron chi connectivity index (χ2n) is 22.9.